The molecule has 1 fully saturated rings. The van der Waals surface area contributed by atoms with Gasteiger partial charge < -0.3 is 15.8 Å². The van der Waals surface area contributed by atoms with Crippen LogP contribution in [0, 0.1) is 18.3 Å². The molecule has 1 aromatic carbocycles. The first-order valence-corrected chi connectivity index (χ1v) is 11.1. The van der Waals surface area contributed by atoms with Gasteiger partial charge in [-0.05, 0) is 26.8 Å². The van der Waals surface area contributed by atoms with Crippen molar-refractivity contribution >= 4 is 65.7 Å². The number of rotatable bonds is 3. The molecule has 190 valence electrons. The number of aryl methyl sites for hydroxylation is 1. The fourth-order valence-corrected chi connectivity index (χ4v) is 4.92. The second-order valence-electron chi connectivity index (χ2n) is 8.58. The highest BCUT2D eigenvalue weighted by molar-refractivity contribution is 6.32. The second kappa shape index (κ2) is 11.3. The van der Waals surface area contributed by atoms with E-state index in [1.165, 1.54) is 6.33 Å². The van der Waals surface area contributed by atoms with Crippen molar-refractivity contribution in [1.29, 1.82) is 5.26 Å². The number of aromatic nitrogens is 4. The Labute approximate surface area is 227 Å². The number of nitrogens with one attached hydrogen (secondary N) is 1. The van der Waals surface area contributed by atoms with Gasteiger partial charge in [0.15, 0.2) is 5.65 Å². The van der Waals surface area contributed by atoms with Gasteiger partial charge >= 0.3 is 0 Å². The van der Waals surface area contributed by atoms with E-state index >= 15 is 0 Å². The summed E-state index contributed by atoms with van der Waals surface area (Å²) in [6.07, 6.45) is 1.40. The Morgan fingerprint density at radius 3 is 2.63 bits per heavy atom. The molecule has 0 radical (unpaired) electrons. The van der Waals surface area contributed by atoms with Crippen LogP contribution in [0.2, 0.25) is 5.02 Å². The molecule has 9 nitrogen and oxygen atoms in total. The maximum Gasteiger partial charge on any atom is 0.164 e. The number of halogens is 4. The molecule has 0 saturated carbocycles. The summed E-state index contributed by atoms with van der Waals surface area (Å²) in [7, 11) is 0. The van der Waals surface area contributed by atoms with E-state index in [2.05, 4.69) is 33.2 Å². The van der Waals surface area contributed by atoms with Crippen LogP contribution in [0.15, 0.2) is 12.4 Å². The minimum absolute atomic E-state index is 0. The Balaban J connectivity index is 0.00000144. The van der Waals surface area contributed by atoms with Crippen molar-refractivity contribution in [3.05, 3.63) is 39.8 Å². The summed E-state index contributed by atoms with van der Waals surface area (Å²) >= 11 is 6.63. The van der Waals surface area contributed by atoms with E-state index in [-0.39, 0.29) is 49.4 Å². The van der Waals surface area contributed by atoms with Crippen molar-refractivity contribution in [1.82, 2.24) is 30.0 Å². The molecule has 13 heteroatoms. The topological polar surface area (TPSA) is 118 Å². The molecule has 0 aliphatic carbocycles. The van der Waals surface area contributed by atoms with Crippen molar-refractivity contribution in [2.45, 2.75) is 45.5 Å². The zero-order chi connectivity index (χ0) is 22.6. The van der Waals surface area contributed by atoms with Crippen LogP contribution in [0.4, 0.5) is 5.82 Å². The minimum atomic E-state index is -0.247. The molecule has 2 aliphatic heterocycles. The molecule has 0 spiro atoms. The average Bonchev–Trinajstić information content (AvgIpc) is 2.96. The summed E-state index contributed by atoms with van der Waals surface area (Å²) in [6.45, 7) is 9.25. The molecule has 1 saturated heterocycles. The molecule has 4 heterocycles. The summed E-state index contributed by atoms with van der Waals surface area (Å²) in [4.78, 5) is 10.9. The zero-order valence-corrected chi connectivity index (χ0v) is 22.7. The molecule has 3 N–H and O–H groups in total. The maximum absolute atomic E-state index is 9.88. The summed E-state index contributed by atoms with van der Waals surface area (Å²) in [5, 5.41) is 19.1. The molecule has 35 heavy (non-hydrogen) atoms. The predicted octanol–water partition coefficient (Wildman–Crippen LogP) is 3.67. The lowest BCUT2D eigenvalue weighted by atomic mass is 9.97. The van der Waals surface area contributed by atoms with E-state index in [9.17, 15) is 5.26 Å². The lowest BCUT2D eigenvalue weighted by Gasteiger charge is -2.38. The Morgan fingerprint density at radius 1 is 1.29 bits per heavy atom. The number of nitriles is 1. The number of anilines is 1. The first-order valence-electron chi connectivity index (χ1n) is 10.7. The average molecular weight is 562 g/mol. The second-order valence-corrected chi connectivity index (χ2v) is 8.98. The van der Waals surface area contributed by atoms with Gasteiger partial charge in [0.25, 0.3) is 0 Å². The highest BCUT2D eigenvalue weighted by atomic mass is 35.5. The number of benzene rings is 1. The number of nitrogens with zero attached hydrogens (tertiary/aromatic N) is 6. The van der Waals surface area contributed by atoms with Crippen LogP contribution in [0.5, 0.6) is 5.75 Å². The molecule has 2 aliphatic rings. The number of hydrogen-bond donors (Lipinski definition) is 2. The zero-order valence-electron chi connectivity index (χ0n) is 19.5. The van der Waals surface area contributed by atoms with Crippen LogP contribution in [-0.4, -0.2) is 56.4 Å². The fourth-order valence-electron chi connectivity index (χ4n) is 4.64. The summed E-state index contributed by atoms with van der Waals surface area (Å²) in [5.74, 6) is 1.11. The number of fused-ring (bicyclic) bond motifs is 2. The molecule has 2 aromatic heterocycles. The monoisotopic (exact) mass is 560 g/mol. The Kier molecular flexibility index (Phi) is 9.45. The van der Waals surface area contributed by atoms with Crippen LogP contribution in [-0.2, 0) is 6.54 Å². The molecule has 2 atom stereocenters. The standard InChI is InChI=1S/C22H25ClN8O.3ClH/c1-11-8-30(14-6-26-7-14)9-17-16(5-24)18(23)4-15(20(17)32-11)13(3)31-22-19(12(2)29-31)21(25)27-10-28-22;;;/h4,10-11,13-14,26H,6-9H2,1-3H3,(H2,25,27,28);3*1H. The van der Waals surface area contributed by atoms with Gasteiger partial charge in [-0.2, -0.15) is 10.4 Å². The van der Waals surface area contributed by atoms with E-state index in [1.54, 1.807) is 0 Å². The molecule has 0 amide bonds. The molecule has 0 bridgehead atoms. The fraction of sp³-hybridized carbons (Fsp3) is 0.455. The molecular weight excluding hydrogens is 534 g/mol. The Bertz CT molecular complexity index is 1260. The first-order chi connectivity index (χ1) is 15.4. The van der Waals surface area contributed by atoms with Crippen LogP contribution < -0.4 is 15.8 Å². The van der Waals surface area contributed by atoms with Gasteiger partial charge in [0, 0.05) is 43.3 Å². The highest BCUT2D eigenvalue weighted by Crippen LogP contribution is 2.41. The van der Waals surface area contributed by atoms with Crippen molar-refractivity contribution < 1.29 is 4.74 Å². The van der Waals surface area contributed by atoms with Gasteiger partial charge in [-0.1, -0.05) is 11.6 Å². The van der Waals surface area contributed by atoms with E-state index in [1.807, 2.05) is 24.6 Å². The van der Waals surface area contributed by atoms with Gasteiger partial charge in [-0.3, -0.25) is 4.90 Å². The lowest BCUT2D eigenvalue weighted by molar-refractivity contribution is 0.0970. The van der Waals surface area contributed by atoms with Crippen molar-refractivity contribution in [3.8, 4) is 11.8 Å². The number of hydrogen-bond acceptors (Lipinski definition) is 8. The molecule has 5 rings (SSSR count). The quantitative estimate of drug-likeness (QED) is 0.497. The third-order valence-electron chi connectivity index (χ3n) is 6.43. The first kappa shape index (κ1) is 29.2. The van der Waals surface area contributed by atoms with E-state index < -0.39 is 0 Å². The Hall–Kier alpha value is -2.06. The summed E-state index contributed by atoms with van der Waals surface area (Å²) in [6, 6.07) is 4.30. The smallest absolute Gasteiger partial charge is 0.164 e. The third kappa shape index (κ3) is 4.96. The number of ether oxygens (including phenoxy) is 1. The Morgan fingerprint density at radius 2 is 2.00 bits per heavy atom. The molecule has 2 unspecified atom stereocenters. The predicted molar refractivity (Wildman–Crippen MR) is 143 cm³/mol. The number of nitrogen functional groups attached to an aromatic ring is 1. The summed E-state index contributed by atoms with van der Waals surface area (Å²) in [5.41, 5.74) is 9.67. The SMILES string of the molecule is Cc1nn(C(C)c2cc(Cl)c(C#N)c3c2OC(C)CN(C2CNC2)C3)c2ncnc(N)c12.Cl.Cl.Cl. The van der Waals surface area contributed by atoms with E-state index in [0.717, 1.165) is 41.8 Å². The highest BCUT2D eigenvalue weighted by Gasteiger charge is 2.34. The van der Waals surface area contributed by atoms with E-state index in [4.69, 9.17) is 27.2 Å². The maximum atomic E-state index is 9.88. The van der Waals surface area contributed by atoms with Crippen LogP contribution >= 0.6 is 48.8 Å². The van der Waals surface area contributed by atoms with Crippen molar-refractivity contribution in [2.75, 3.05) is 25.4 Å². The van der Waals surface area contributed by atoms with Gasteiger partial charge in [0.05, 0.1) is 27.7 Å². The lowest BCUT2D eigenvalue weighted by Crippen LogP contribution is -2.57. The minimum Gasteiger partial charge on any atom is -0.489 e. The van der Waals surface area contributed by atoms with Gasteiger partial charge in [-0.15, -0.1) is 37.2 Å². The van der Waals surface area contributed by atoms with Gasteiger partial charge in [0.1, 0.15) is 30.1 Å². The largest absolute Gasteiger partial charge is 0.489 e. The number of nitrogens with two attached hydrogens (primary N) is 1. The van der Waals surface area contributed by atoms with Gasteiger partial charge in [0.2, 0.25) is 0 Å². The molecular formula is C22H28Cl4N8O. The third-order valence-corrected chi connectivity index (χ3v) is 6.73. The van der Waals surface area contributed by atoms with Crippen molar-refractivity contribution in [2.24, 2.45) is 0 Å². The normalized spacial score (nSPS) is 18.4. The van der Waals surface area contributed by atoms with Crippen LogP contribution in [0.3, 0.4) is 0 Å². The van der Waals surface area contributed by atoms with Crippen LogP contribution in [0.1, 0.15) is 42.3 Å². The van der Waals surface area contributed by atoms with Crippen LogP contribution in [0.25, 0.3) is 11.0 Å². The summed E-state index contributed by atoms with van der Waals surface area (Å²) < 4.78 is 8.28. The van der Waals surface area contributed by atoms with Gasteiger partial charge in [-0.25, -0.2) is 14.6 Å². The van der Waals surface area contributed by atoms with Crippen molar-refractivity contribution in [3.63, 3.8) is 0 Å². The van der Waals surface area contributed by atoms with E-state index in [0.29, 0.717) is 40.4 Å². The molecule has 3 aromatic rings.